The molecule has 3 N–H and O–H groups in total. The maximum atomic E-state index is 13.7. The largest absolute Gasteiger partial charge is 0.271 e. The molecule has 2 aromatic rings. The Kier molecular flexibility index (Phi) is 4.42. The molecule has 6 heteroatoms. The predicted octanol–water partition coefficient (Wildman–Crippen LogP) is 2.32. The quantitative estimate of drug-likeness (QED) is 0.666. The van der Waals surface area contributed by atoms with Crippen LogP contribution in [0.5, 0.6) is 0 Å². The number of aromatic nitrogens is 2. The van der Waals surface area contributed by atoms with Crippen LogP contribution in [0.15, 0.2) is 30.6 Å². The first kappa shape index (κ1) is 13.9. The summed E-state index contributed by atoms with van der Waals surface area (Å²) in [5, 5.41) is 0.366. The fraction of sp³-hybridized carbons (Fsp3) is 0.231. The van der Waals surface area contributed by atoms with E-state index in [0.29, 0.717) is 22.8 Å². The minimum absolute atomic E-state index is 0.350. The Morgan fingerprint density at radius 1 is 1.37 bits per heavy atom. The first-order chi connectivity index (χ1) is 9.10. The Bertz CT molecular complexity index is 559. The van der Waals surface area contributed by atoms with Gasteiger partial charge >= 0.3 is 0 Å². The van der Waals surface area contributed by atoms with Crippen molar-refractivity contribution in [1.82, 2.24) is 15.4 Å². The molecule has 1 unspecified atom stereocenters. The van der Waals surface area contributed by atoms with Gasteiger partial charge in [0.15, 0.2) is 0 Å². The number of nitrogens with two attached hydrogens (primary N) is 1. The van der Waals surface area contributed by atoms with Crippen LogP contribution in [0.2, 0.25) is 5.02 Å². The van der Waals surface area contributed by atoms with Crippen LogP contribution in [0.3, 0.4) is 0 Å². The molecule has 0 amide bonds. The molecular formula is C13H14ClFN4. The van der Waals surface area contributed by atoms with Gasteiger partial charge in [-0.25, -0.2) is 19.8 Å². The minimum atomic E-state index is -0.361. The fourth-order valence-corrected chi connectivity index (χ4v) is 1.87. The molecule has 0 bridgehead atoms. The standard InChI is InChI=1S/C13H14ClFN4/c1-8-6-17-13(18-7-8)12(19-16)4-9-2-3-10(14)5-11(9)15/h2-3,5-7,12,19H,4,16H2,1H3. The highest BCUT2D eigenvalue weighted by atomic mass is 35.5. The highest BCUT2D eigenvalue weighted by Crippen LogP contribution is 2.20. The molecule has 0 aliphatic rings. The van der Waals surface area contributed by atoms with E-state index >= 15 is 0 Å². The highest BCUT2D eigenvalue weighted by molar-refractivity contribution is 6.30. The maximum Gasteiger partial charge on any atom is 0.146 e. The van der Waals surface area contributed by atoms with Gasteiger partial charge in [0, 0.05) is 17.4 Å². The van der Waals surface area contributed by atoms with E-state index in [0.717, 1.165) is 5.56 Å². The number of hydrazine groups is 1. The van der Waals surface area contributed by atoms with Crippen molar-refractivity contribution in [2.45, 2.75) is 19.4 Å². The number of hydrogen-bond acceptors (Lipinski definition) is 4. The molecule has 4 nitrogen and oxygen atoms in total. The second-order valence-corrected chi connectivity index (χ2v) is 4.71. The highest BCUT2D eigenvalue weighted by Gasteiger charge is 2.15. The molecule has 19 heavy (non-hydrogen) atoms. The number of nitrogens with one attached hydrogen (secondary N) is 1. The van der Waals surface area contributed by atoms with Crippen molar-refractivity contribution in [3.8, 4) is 0 Å². The molecule has 100 valence electrons. The van der Waals surface area contributed by atoms with Gasteiger partial charge in [0.25, 0.3) is 0 Å². The third-order valence-corrected chi connectivity index (χ3v) is 2.99. The molecule has 2 rings (SSSR count). The zero-order chi connectivity index (χ0) is 13.8. The van der Waals surface area contributed by atoms with Crippen LogP contribution < -0.4 is 11.3 Å². The Morgan fingerprint density at radius 2 is 2.05 bits per heavy atom. The molecule has 0 radical (unpaired) electrons. The minimum Gasteiger partial charge on any atom is -0.271 e. The summed E-state index contributed by atoms with van der Waals surface area (Å²) in [4.78, 5) is 8.38. The van der Waals surface area contributed by atoms with Crippen LogP contribution in [-0.4, -0.2) is 9.97 Å². The van der Waals surface area contributed by atoms with Crippen LogP contribution in [0, 0.1) is 12.7 Å². The van der Waals surface area contributed by atoms with E-state index in [1.54, 1.807) is 24.5 Å². The molecule has 0 saturated heterocycles. The zero-order valence-electron chi connectivity index (χ0n) is 10.4. The monoisotopic (exact) mass is 280 g/mol. The fourth-order valence-electron chi connectivity index (χ4n) is 1.71. The molecular weight excluding hydrogens is 267 g/mol. The van der Waals surface area contributed by atoms with Crippen molar-refractivity contribution >= 4 is 11.6 Å². The van der Waals surface area contributed by atoms with Gasteiger partial charge < -0.3 is 0 Å². The average Bonchev–Trinajstić information content (AvgIpc) is 2.39. The summed E-state index contributed by atoms with van der Waals surface area (Å²) < 4.78 is 13.7. The summed E-state index contributed by atoms with van der Waals surface area (Å²) in [5.41, 5.74) is 4.07. The number of rotatable bonds is 4. The number of aryl methyl sites for hydroxylation is 1. The van der Waals surface area contributed by atoms with Crippen LogP contribution in [0.1, 0.15) is 23.0 Å². The van der Waals surface area contributed by atoms with Gasteiger partial charge in [0.1, 0.15) is 11.6 Å². The molecule has 1 atom stereocenters. The number of benzene rings is 1. The Labute approximate surface area is 115 Å². The Morgan fingerprint density at radius 3 is 2.63 bits per heavy atom. The predicted molar refractivity (Wildman–Crippen MR) is 71.9 cm³/mol. The number of halogens is 2. The second-order valence-electron chi connectivity index (χ2n) is 4.28. The van der Waals surface area contributed by atoms with Gasteiger partial charge in [-0.15, -0.1) is 0 Å². The van der Waals surface area contributed by atoms with E-state index in [1.807, 2.05) is 6.92 Å². The summed E-state index contributed by atoms with van der Waals surface area (Å²) in [7, 11) is 0. The van der Waals surface area contributed by atoms with Crippen molar-refractivity contribution in [1.29, 1.82) is 0 Å². The Hall–Kier alpha value is -1.56. The molecule has 1 aromatic carbocycles. The van der Waals surface area contributed by atoms with E-state index in [-0.39, 0.29) is 11.9 Å². The SMILES string of the molecule is Cc1cnc(C(Cc2ccc(Cl)cc2F)NN)nc1. The molecule has 0 spiro atoms. The van der Waals surface area contributed by atoms with E-state index < -0.39 is 0 Å². The molecule has 0 fully saturated rings. The summed E-state index contributed by atoms with van der Waals surface area (Å²) >= 11 is 5.72. The van der Waals surface area contributed by atoms with Crippen LogP contribution in [0.4, 0.5) is 4.39 Å². The molecule has 1 aromatic heterocycles. The summed E-state index contributed by atoms with van der Waals surface area (Å²) in [5.74, 6) is 5.66. The van der Waals surface area contributed by atoms with E-state index in [1.165, 1.54) is 6.07 Å². The second kappa shape index (κ2) is 6.06. The third kappa shape index (κ3) is 3.47. The van der Waals surface area contributed by atoms with Gasteiger partial charge in [-0.3, -0.25) is 5.84 Å². The van der Waals surface area contributed by atoms with Gasteiger partial charge in [0.2, 0.25) is 0 Å². The van der Waals surface area contributed by atoms with Crippen molar-refractivity contribution in [3.05, 3.63) is 58.4 Å². The summed E-state index contributed by atoms with van der Waals surface area (Å²) in [6, 6.07) is 4.21. The first-order valence-corrected chi connectivity index (χ1v) is 6.16. The zero-order valence-corrected chi connectivity index (χ0v) is 11.2. The van der Waals surface area contributed by atoms with Gasteiger partial charge in [0.05, 0.1) is 6.04 Å². The van der Waals surface area contributed by atoms with E-state index in [2.05, 4.69) is 15.4 Å². The van der Waals surface area contributed by atoms with Crippen molar-refractivity contribution in [2.24, 2.45) is 5.84 Å². The van der Waals surface area contributed by atoms with Gasteiger partial charge in [-0.2, -0.15) is 0 Å². The first-order valence-electron chi connectivity index (χ1n) is 5.78. The lowest BCUT2D eigenvalue weighted by Gasteiger charge is -2.15. The average molecular weight is 281 g/mol. The normalized spacial score (nSPS) is 12.4. The van der Waals surface area contributed by atoms with Gasteiger partial charge in [-0.05, 0) is 36.6 Å². The maximum absolute atomic E-state index is 13.7. The number of hydrogen-bond donors (Lipinski definition) is 2. The van der Waals surface area contributed by atoms with E-state index in [9.17, 15) is 4.39 Å². The summed E-state index contributed by atoms with van der Waals surface area (Å²) in [6.07, 6.45) is 3.75. The van der Waals surface area contributed by atoms with Crippen molar-refractivity contribution in [3.63, 3.8) is 0 Å². The number of nitrogens with zero attached hydrogens (tertiary/aromatic N) is 2. The van der Waals surface area contributed by atoms with Crippen molar-refractivity contribution < 1.29 is 4.39 Å². The van der Waals surface area contributed by atoms with Crippen LogP contribution in [-0.2, 0) is 6.42 Å². The third-order valence-electron chi connectivity index (χ3n) is 2.75. The molecule has 0 aliphatic heterocycles. The molecule has 0 saturated carbocycles. The smallest absolute Gasteiger partial charge is 0.146 e. The molecule has 0 aliphatic carbocycles. The topological polar surface area (TPSA) is 63.8 Å². The lowest BCUT2D eigenvalue weighted by Crippen LogP contribution is -2.31. The van der Waals surface area contributed by atoms with Crippen LogP contribution >= 0.6 is 11.6 Å². The van der Waals surface area contributed by atoms with Gasteiger partial charge in [-0.1, -0.05) is 17.7 Å². The Balaban J connectivity index is 2.21. The van der Waals surface area contributed by atoms with E-state index in [4.69, 9.17) is 17.4 Å². The molecule has 1 heterocycles. The lowest BCUT2D eigenvalue weighted by atomic mass is 10.1. The lowest BCUT2D eigenvalue weighted by molar-refractivity contribution is 0.506. The van der Waals surface area contributed by atoms with Crippen molar-refractivity contribution in [2.75, 3.05) is 0 Å². The van der Waals surface area contributed by atoms with Crippen LogP contribution in [0.25, 0.3) is 0 Å². The summed E-state index contributed by atoms with van der Waals surface area (Å²) in [6.45, 7) is 1.90.